The first-order valence-corrected chi connectivity index (χ1v) is 9.67. The van der Waals surface area contributed by atoms with Crippen LogP contribution < -0.4 is 0 Å². The van der Waals surface area contributed by atoms with Gasteiger partial charge in [-0.05, 0) is 31.2 Å². The molecule has 0 fully saturated rings. The van der Waals surface area contributed by atoms with Crippen LogP contribution in [0.15, 0.2) is 60.7 Å². The van der Waals surface area contributed by atoms with Gasteiger partial charge in [0.1, 0.15) is 5.79 Å². The summed E-state index contributed by atoms with van der Waals surface area (Å²) in [5.74, 6) is -0.601. The largest absolute Gasteiger partial charge is 0.420 e. The van der Waals surface area contributed by atoms with Crippen molar-refractivity contribution < 1.29 is 14.0 Å². The van der Waals surface area contributed by atoms with Gasteiger partial charge in [-0.3, -0.25) is 9.59 Å². The number of benzene rings is 2. The quantitative estimate of drug-likeness (QED) is 0.563. The second-order valence-electron chi connectivity index (χ2n) is 5.70. The summed E-state index contributed by atoms with van der Waals surface area (Å²) in [6.45, 7) is 2.49. The van der Waals surface area contributed by atoms with Gasteiger partial charge in [0, 0.05) is 31.8 Å². The van der Waals surface area contributed by atoms with E-state index in [-0.39, 0.29) is 17.6 Å². The molecule has 0 unspecified atom stereocenters. The lowest BCUT2D eigenvalue weighted by atomic mass is 10.2. The zero-order valence-corrected chi connectivity index (χ0v) is 16.3. The molecule has 0 aliphatic heterocycles. The van der Waals surface area contributed by atoms with E-state index < -0.39 is 9.76 Å². The summed E-state index contributed by atoms with van der Waals surface area (Å²) in [6.07, 6.45) is 0. The fourth-order valence-electron chi connectivity index (χ4n) is 2.55. The van der Waals surface area contributed by atoms with Crippen LogP contribution in [0.1, 0.15) is 27.6 Å². The summed E-state index contributed by atoms with van der Waals surface area (Å²) in [6, 6.07) is 18.2. The van der Waals surface area contributed by atoms with Crippen LogP contribution in [0.3, 0.4) is 0 Å². The maximum Gasteiger partial charge on any atom is 0.255 e. The molecule has 25 heavy (non-hydrogen) atoms. The summed E-state index contributed by atoms with van der Waals surface area (Å²) >= 11 is 0. The minimum absolute atomic E-state index is 0.120. The van der Waals surface area contributed by atoms with Crippen LogP contribution in [-0.4, -0.2) is 57.9 Å². The first kappa shape index (κ1) is 18.9. The fraction of sp³-hybridized carbons (Fsp3) is 0.263. The fourth-order valence-corrected chi connectivity index (χ4v) is 3.77. The van der Waals surface area contributed by atoms with E-state index >= 15 is 0 Å². The smallest absolute Gasteiger partial charge is 0.255 e. The van der Waals surface area contributed by atoms with E-state index in [0.717, 1.165) is 0 Å². The molecule has 0 heterocycles. The van der Waals surface area contributed by atoms with Gasteiger partial charge in [-0.15, -0.1) is 0 Å². The monoisotopic (exact) mass is 356 g/mol. The highest BCUT2D eigenvalue weighted by atomic mass is 28.2. The van der Waals surface area contributed by atoms with Gasteiger partial charge in [0.25, 0.3) is 11.8 Å². The van der Waals surface area contributed by atoms with Crippen LogP contribution in [0.25, 0.3) is 0 Å². The summed E-state index contributed by atoms with van der Waals surface area (Å²) in [5.41, 5.74) is 1.20. The van der Waals surface area contributed by atoms with Gasteiger partial charge < -0.3 is 14.2 Å². The molecule has 6 heteroatoms. The molecule has 0 aromatic heterocycles. The molecule has 2 aromatic carbocycles. The van der Waals surface area contributed by atoms with Gasteiger partial charge in [0.2, 0.25) is 9.76 Å². The van der Waals surface area contributed by atoms with Gasteiger partial charge in [-0.2, -0.15) is 0 Å². The molecular weight excluding hydrogens is 332 g/mol. The highest BCUT2D eigenvalue weighted by Crippen LogP contribution is 2.12. The average molecular weight is 356 g/mol. The van der Waals surface area contributed by atoms with Crippen molar-refractivity contribution in [1.82, 2.24) is 9.80 Å². The Bertz CT molecular complexity index is 637. The molecule has 0 spiro atoms. The van der Waals surface area contributed by atoms with Gasteiger partial charge >= 0.3 is 0 Å². The molecule has 0 N–H and O–H groups in total. The number of nitrogens with zero attached hydrogens (tertiary/aromatic N) is 2. The Morgan fingerprint density at radius 1 is 0.880 bits per heavy atom. The highest BCUT2D eigenvalue weighted by Gasteiger charge is 2.29. The van der Waals surface area contributed by atoms with Gasteiger partial charge in [0.15, 0.2) is 0 Å². The number of carbonyl (C=O) groups is 2. The Kier molecular flexibility index (Phi) is 6.91. The lowest BCUT2D eigenvalue weighted by Crippen LogP contribution is -2.53. The van der Waals surface area contributed by atoms with Crippen LogP contribution >= 0.6 is 0 Å². The van der Waals surface area contributed by atoms with Crippen LogP contribution in [0, 0.1) is 0 Å². The Hall–Kier alpha value is -2.44. The number of hydrogen-bond acceptors (Lipinski definition) is 3. The van der Waals surface area contributed by atoms with E-state index in [1.54, 1.807) is 48.2 Å². The predicted molar refractivity (Wildman–Crippen MR) is 101 cm³/mol. The van der Waals surface area contributed by atoms with Gasteiger partial charge in [-0.1, -0.05) is 36.4 Å². The molecule has 0 aliphatic carbocycles. The third kappa shape index (κ3) is 4.77. The molecule has 0 atom stereocenters. The Morgan fingerprint density at radius 2 is 1.28 bits per heavy atom. The summed E-state index contributed by atoms with van der Waals surface area (Å²) in [7, 11) is 2.29. The summed E-state index contributed by atoms with van der Waals surface area (Å²) in [4.78, 5) is 28.8. The van der Waals surface area contributed by atoms with E-state index in [0.29, 0.717) is 17.7 Å². The predicted octanol–water partition coefficient (Wildman–Crippen LogP) is 1.93. The molecule has 132 valence electrons. The van der Waals surface area contributed by atoms with Gasteiger partial charge in [0.05, 0.1) is 0 Å². The lowest BCUT2D eigenvalue weighted by Gasteiger charge is -2.35. The van der Waals surface area contributed by atoms with E-state index in [1.165, 1.54) is 0 Å². The Balaban J connectivity index is 2.22. The van der Waals surface area contributed by atoms with E-state index in [4.69, 9.17) is 4.43 Å². The minimum atomic E-state index is -1.15. The molecular formula is C19H24N2O3Si. The molecule has 0 aliphatic rings. The summed E-state index contributed by atoms with van der Waals surface area (Å²) in [5, 5.41) is 0. The van der Waals surface area contributed by atoms with Crippen molar-refractivity contribution in [1.29, 1.82) is 0 Å². The maximum absolute atomic E-state index is 12.8. The van der Waals surface area contributed by atoms with E-state index in [1.807, 2.05) is 43.3 Å². The molecule has 0 bridgehead atoms. The third-order valence-electron chi connectivity index (χ3n) is 4.05. The molecule has 0 saturated carbocycles. The van der Waals surface area contributed by atoms with Crippen LogP contribution in [0.5, 0.6) is 0 Å². The zero-order valence-electron chi connectivity index (χ0n) is 14.9. The number of amides is 2. The van der Waals surface area contributed by atoms with Crippen molar-refractivity contribution in [2.75, 3.05) is 20.7 Å². The molecule has 5 nitrogen and oxygen atoms in total. The van der Waals surface area contributed by atoms with Crippen molar-refractivity contribution in [3.05, 3.63) is 71.8 Å². The summed E-state index contributed by atoms with van der Waals surface area (Å²) < 4.78 is 5.66. The molecule has 0 saturated heterocycles. The first-order chi connectivity index (χ1) is 12.1. The average Bonchev–Trinajstić information content (AvgIpc) is 2.68. The normalized spacial score (nSPS) is 11.0. The van der Waals surface area contributed by atoms with Crippen molar-refractivity contribution in [3.63, 3.8) is 0 Å². The van der Waals surface area contributed by atoms with E-state index in [9.17, 15) is 9.59 Å². The Morgan fingerprint density at radius 3 is 1.64 bits per heavy atom. The second kappa shape index (κ2) is 9.15. The maximum atomic E-state index is 12.8. The van der Waals surface area contributed by atoms with Crippen molar-refractivity contribution in [2.24, 2.45) is 0 Å². The van der Waals surface area contributed by atoms with Crippen molar-refractivity contribution in [3.8, 4) is 0 Å². The molecule has 2 rings (SSSR count). The van der Waals surface area contributed by atoms with Crippen LogP contribution in [0.2, 0.25) is 0 Å². The third-order valence-corrected chi connectivity index (χ3v) is 6.08. The minimum Gasteiger partial charge on any atom is -0.420 e. The Labute approximate surface area is 151 Å². The second-order valence-corrected chi connectivity index (χ2v) is 7.18. The van der Waals surface area contributed by atoms with Crippen LogP contribution in [-0.2, 0) is 4.43 Å². The SMILES string of the molecule is CCO[SiH2]C(N(C)C(=O)c1ccccc1)N(C)C(=O)c1ccccc1. The highest BCUT2D eigenvalue weighted by molar-refractivity contribution is 6.31. The molecule has 0 radical (unpaired) electrons. The number of rotatable bonds is 7. The number of carbonyl (C=O) groups excluding carboxylic acids is 2. The van der Waals surface area contributed by atoms with Crippen LogP contribution in [0.4, 0.5) is 0 Å². The van der Waals surface area contributed by atoms with E-state index in [2.05, 4.69) is 0 Å². The first-order valence-electron chi connectivity index (χ1n) is 8.28. The standard InChI is InChI=1S/C19H24N2O3Si/c1-4-24-25-19(20(2)17(22)15-11-7-5-8-12-15)21(3)18(23)16-13-9-6-10-14-16/h5-14,19H,4,25H2,1-3H3. The van der Waals surface area contributed by atoms with Crippen molar-refractivity contribution >= 4 is 21.6 Å². The molecule has 2 aromatic rings. The zero-order chi connectivity index (χ0) is 18.2. The molecule has 2 amide bonds. The lowest BCUT2D eigenvalue weighted by molar-refractivity contribution is 0.0526. The van der Waals surface area contributed by atoms with Gasteiger partial charge in [-0.25, -0.2) is 0 Å². The topological polar surface area (TPSA) is 49.9 Å². The van der Waals surface area contributed by atoms with Crippen molar-refractivity contribution in [2.45, 2.75) is 12.7 Å². The number of hydrogen-bond donors (Lipinski definition) is 0.